The second kappa shape index (κ2) is 24.1. The lowest BCUT2D eigenvalue weighted by Crippen LogP contribution is -2.61. The van der Waals surface area contributed by atoms with Gasteiger partial charge in [0.25, 0.3) is 11.7 Å². The maximum Gasteiger partial charge on any atom is 0.329 e. The van der Waals surface area contributed by atoms with Crippen LogP contribution in [0, 0.1) is 35.5 Å². The number of rotatable bonds is 5. The van der Waals surface area contributed by atoms with Gasteiger partial charge < -0.3 is 34.1 Å². The van der Waals surface area contributed by atoms with Crippen molar-refractivity contribution >= 4 is 29.2 Å². The van der Waals surface area contributed by atoms with Crippen LogP contribution in [0.3, 0.4) is 0 Å². The van der Waals surface area contributed by atoms with E-state index < -0.39 is 65.7 Å². The molecule has 13 atom stereocenters. The highest BCUT2D eigenvalue weighted by Gasteiger charge is 2.53. The number of nitrogens with zero attached hydrogens (tertiary/aromatic N) is 1. The van der Waals surface area contributed by atoms with Gasteiger partial charge in [0.05, 0.1) is 24.4 Å². The van der Waals surface area contributed by atoms with E-state index in [1.165, 1.54) is 4.90 Å². The number of methoxy groups -OCH3 is 2. The molecule has 1 saturated carbocycles. The number of hydrogen-bond acceptors (Lipinski definition) is 11. The molecule has 348 valence electrons. The molecule has 3 aliphatic heterocycles. The Morgan fingerprint density at radius 2 is 1.58 bits per heavy atom. The van der Waals surface area contributed by atoms with Crippen molar-refractivity contribution in [2.45, 2.75) is 181 Å². The SMILES string of the molecule is CO[C@H]1CCC[C@@H](CC(C)[C@@H]2CC(=O)[C@H](C)/C=C(\C)[C@@H](O)CC(=O)[C@H](C)C[C@H](C)/C=C/C=C/C=C(\C)[C@@H](OC)C[C@@H]3CC[C@@H](C)[C@@](O)(O3)C(=O)C(=O)N3CCCC[C@H]3C(=O)O2)C1. The number of piperidine rings is 1. The van der Waals surface area contributed by atoms with Gasteiger partial charge in [-0.1, -0.05) is 83.9 Å². The Labute approximate surface area is 370 Å². The summed E-state index contributed by atoms with van der Waals surface area (Å²) in [6.07, 6.45) is 16.5. The first-order chi connectivity index (χ1) is 29.4. The number of amides is 1. The average Bonchev–Trinajstić information content (AvgIpc) is 3.25. The number of hydrogen-bond donors (Lipinski definition) is 2. The summed E-state index contributed by atoms with van der Waals surface area (Å²) in [5.41, 5.74) is 1.42. The van der Waals surface area contributed by atoms with E-state index >= 15 is 0 Å². The highest BCUT2D eigenvalue weighted by molar-refractivity contribution is 6.39. The summed E-state index contributed by atoms with van der Waals surface area (Å²) in [6, 6.07) is -1.09. The minimum atomic E-state index is -2.40. The molecule has 4 rings (SSSR count). The molecule has 0 radical (unpaired) electrons. The lowest BCUT2D eigenvalue weighted by atomic mass is 9.79. The zero-order valence-corrected chi connectivity index (χ0v) is 39.0. The molecule has 12 heteroatoms. The van der Waals surface area contributed by atoms with Crippen molar-refractivity contribution in [2.75, 3.05) is 20.8 Å². The number of aliphatic hydroxyl groups excluding tert-OH is 1. The number of allylic oxidation sites excluding steroid dienone is 6. The van der Waals surface area contributed by atoms with E-state index in [1.54, 1.807) is 41.1 Å². The Morgan fingerprint density at radius 3 is 2.29 bits per heavy atom. The van der Waals surface area contributed by atoms with Gasteiger partial charge in [0.1, 0.15) is 23.7 Å². The summed E-state index contributed by atoms with van der Waals surface area (Å²) in [4.78, 5) is 71.1. The Kier molecular flexibility index (Phi) is 20.0. The van der Waals surface area contributed by atoms with Crippen molar-refractivity contribution in [3.8, 4) is 0 Å². The van der Waals surface area contributed by atoms with E-state index in [-0.39, 0.29) is 61.2 Å². The quantitative estimate of drug-likeness (QED) is 0.159. The minimum absolute atomic E-state index is 0.0563. The second-order valence-corrected chi connectivity index (χ2v) is 19.1. The summed E-state index contributed by atoms with van der Waals surface area (Å²) < 4.78 is 23.9. The van der Waals surface area contributed by atoms with Crippen LogP contribution in [0.25, 0.3) is 0 Å². The maximum atomic E-state index is 14.3. The first kappa shape index (κ1) is 51.3. The van der Waals surface area contributed by atoms with E-state index in [1.807, 2.05) is 58.1 Å². The Balaban J connectivity index is 1.66. The molecule has 1 amide bonds. The molecule has 0 aromatic carbocycles. The monoisotopic (exact) mass is 868 g/mol. The molecule has 12 nitrogen and oxygen atoms in total. The van der Waals surface area contributed by atoms with E-state index in [0.29, 0.717) is 56.4 Å². The molecular weight excluding hydrogens is 791 g/mol. The smallest absolute Gasteiger partial charge is 0.329 e. The third-order valence-corrected chi connectivity index (χ3v) is 14.1. The Bertz CT molecular complexity index is 1670. The number of fused-ring (bicyclic) bond motifs is 3. The van der Waals surface area contributed by atoms with Crippen LogP contribution in [-0.2, 0) is 42.9 Å². The molecule has 1 aliphatic carbocycles. The van der Waals surface area contributed by atoms with Crippen molar-refractivity contribution in [1.29, 1.82) is 0 Å². The lowest BCUT2D eigenvalue weighted by Gasteiger charge is -2.42. The van der Waals surface area contributed by atoms with Crippen molar-refractivity contribution < 1.29 is 53.1 Å². The molecule has 62 heavy (non-hydrogen) atoms. The third kappa shape index (κ3) is 14.1. The van der Waals surface area contributed by atoms with Crippen LogP contribution in [0.5, 0.6) is 0 Å². The highest BCUT2D eigenvalue weighted by Crippen LogP contribution is 2.37. The van der Waals surface area contributed by atoms with E-state index in [0.717, 1.165) is 31.3 Å². The van der Waals surface area contributed by atoms with Gasteiger partial charge in [-0.3, -0.25) is 19.2 Å². The summed E-state index contributed by atoms with van der Waals surface area (Å²) in [5.74, 6) is -6.85. The van der Waals surface area contributed by atoms with Crippen LogP contribution in [0.15, 0.2) is 47.6 Å². The standard InChI is InChI=1S/C50H77NO11/c1-31-16-11-10-12-17-32(2)45(60-9)28-40-22-21-37(7)50(58,62-40)47(55)48(56)51-23-14-13-20-41(51)49(57)61-46(36(6)26-38-18-15-19-39(27-38)59-8)30-44(54)35(5)25-34(4)43(53)29-42(52)33(3)24-31/h10-12,16-17,25,31,33,35-41,43,45-46,53,58H,13-15,18-24,26-30H2,1-9H3/b12-10+,16-11+,32-17+,34-25+/t31-,33-,35-,36?,37-,38+,39+,40+,41+,43+,45+,46+,50-/m1/s1. The van der Waals surface area contributed by atoms with Crippen molar-refractivity contribution in [3.05, 3.63) is 47.6 Å². The fourth-order valence-corrected chi connectivity index (χ4v) is 9.78. The number of aliphatic hydroxyl groups is 2. The van der Waals surface area contributed by atoms with Gasteiger partial charge in [-0.2, -0.15) is 0 Å². The molecular formula is C50H77NO11. The fourth-order valence-electron chi connectivity index (χ4n) is 9.78. The first-order valence-electron chi connectivity index (χ1n) is 23.3. The number of esters is 1. The maximum absolute atomic E-state index is 14.3. The molecule has 4 aliphatic rings. The van der Waals surface area contributed by atoms with Crippen LogP contribution >= 0.6 is 0 Å². The summed E-state index contributed by atoms with van der Waals surface area (Å²) in [7, 11) is 3.31. The first-order valence-corrected chi connectivity index (χ1v) is 23.3. The molecule has 2 N–H and O–H groups in total. The number of carbonyl (C=O) groups excluding carboxylic acids is 5. The number of ether oxygens (including phenoxy) is 4. The molecule has 0 spiro atoms. The molecule has 3 heterocycles. The van der Waals surface area contributed by atoms with Crippen molar-refractivity contribution in [2.24, 2.45) is 35.5 Å². The van der Waals surface area contributed by atoms with Gasteiger partial charge in [0.2, 0.25) is 5.79 Å². The molecule has 0 aromatic rings. The van der Waals surface area contributed by atoms with Gasteiger partial charge in [-0.25, -0.2) is 4.79 Å². The summed E-state index contributed by atoms with van der Waals surface area (Å²) >= 11 is 0. The van der Waals surface area contributed by atoms with Crippen LogP contribution in [-0.4, -0.2) is 107 Å². The second-order valence-electron chi connectivity index (χ2n) is 19.1. The van der Waals surface area contributed by atoms with Crippen molar-refractivity contribution in [3.63, 3.8) is 0 Å². The highest BCUT2D eigenvalue weighted by atomic mass is 16.6. The molecule has 2 bridgehead atoms. The topological polar surface area (TPSA) is 166 Å². The lowest BCUT2D eigenvalue weighted by molar-refractivity contribution is -0.265. The Morgan fingerprint density at radius 1 is 0.839 bits per heavy atom. The normalized spacial score (nSPS) is 39.4. The van der Waals surface area contributed by atoms with Crippen LogP contribution in [0.4, 0.5) is 0 Å². The van der Waals surface area contributed by atoms with E-state index in [9.17, 15) is 34.2 Å². The van der Waals surface area contributed by atoms with Gasteiger partial charge in [0, 0.05) is 57.8 Å². The van der Waals surface area contributed by atoms with Gasteiger partial charge >= 0.3 is 5.97 Å². The molecule has 1 unspecified atom stereocenters. The summed E-state index contributed by atoms with van der Waals surface area (Å²) in [6.45, 7) is 13.1. The van der Waals surface area contributed by atoms with Gasteiger partial charge in [0.15, 0.2) is 0 Å². The number of cyclic esters (lactones) is 1. The number of carbonyl (C=O) groups is 5. The van der Waals surface area contributed by atoms with Gasteiger partial charge in [-0.05, 0) is 101 Å². The van der Waals surface area contributed by atoms with Crippen LogP contribution in [0.1, 0.15) is 138 Å². The average molecular weight is 868 g/mol. The minimum Gasteiger partial charge on any atom is -0.460 e. The van der Waals surface area contributed by atoms with Crippen LogP contribution in [0.2, 0.25) is 0 Å². The largest absolute Gasteiger partial charge is 0.460 e. The van der Waals surface area contributed by atoms with E-state index in [2.05, 4.69) is 0 Å². The fraction of sp³-hybridized carbons (Fsp3) is 0.740. The summed E-state index contributed by atoms with van der Waals surface area (Å²) in [5, 5.41) is 23.0. The predicted molar refractivity (Wildman–Crippen MR) is 238 cm³/mol. The third-order valence-electron chi connectivity index (χ3n) is 14.1. The Hall–Kier alpha value is -3.29. The molecule has 2 saturated heterocycles. The molecule has 3 fully saturated rings. The zero-order valence-electron chi connectivity index (χ0n) is 39.0. The van der Waals surface area contributed by atoms with Crippen molar-refractivity contribution in [1.82, 2.24) is 4.90 Å². The van der Waals surface area contributed by atoms with E-state index in [4.69, 9.17) is 18.9 Å². The zero-order chi connectivity index (χ0) is 45.7. The molecule has 0 aromatic heterocycles. The number of ketones is 3. The van der Waals surface area contributed by atoms with Gasteiger partial charge in [-0.15, -0.1) is 0 Å². The number of Topliss-reactive ketones (excluding diaryl/α,β-unsaturated/α-hetero) is 3. The van der Waals surface area contributed by atoms with Crippen LogP contribution < -0.4 is 0 Å². The predicted octanol–water partition coefficient (Wildman–Crippen LogP) is 7.58.